The van der Waals surface area contributed by atoms with Gasteiger partial charge in [-0.15, -0.1) is 11.3 Å². The lowest BCUT2D eigenvalue weighted by molar-refractivity contribution is 0.601. The highest BCUT2D eigenvalue weighted by Gasteiger charge is 2.22. The third-order valence-electron chi connectivity index (χ3n) is 3.09. The van der Waals surface area contributed by atoms with Gasteiger partial charge in [-0.05, 0) is 31.7 Å². The van der Waals surface area contributed by atoms with Crippen molar-refractivity contribution in [2.24, 2.45) is 0 Å². The van der Waals surface area contributed by atoms with Crippen LogP contribution in [0.15, 0.2) is 23.4 Å². The fourth-order valence-electron chi connectivity index (χ4n) is 2.13. The molecule has 3 rings (SSSR count). The van der Waals surface area contributed by atoms with Crippen LogP contribution >= 0.6 is 22.9 Å². The quantitative estimate of drug-likeness (QED) is 0.939. The van der Waals surface area contributed by atoms with Crippen molar-refractivity contribution in [3.63, 3.8) is 0 Å². The minimum atomic E-state index is -3.74. The molecule has 0 bridgehead atoms. The number of hydrogen-bond donors (Lipinski definition) is 1. The third-order valence-corrected chi connectivity index (χ3v) is 6.10. The van der Waals surface area contributed by atoms with E-state index in [-0.39, 0.29) is 9.92 Å². The Hall–Kier alpha value is -1.18. The monoisotopic (exact) mass is 329 g/mol. The van der Waals surface area contributed by atoms with Crippen molar-refractivity contribution in [1.82, 2.24) is 9.97 Å². The van der Waals surface area contributed by atoms with E-state index in [2.05, 4.69) is 14.7 Å². The number of sulfonamides is 1. The number of nitrogens with zero attached hydrogens (tertiary/aromatic N) is 2. The molecule has 1 aliphatic rings. The zero-order valence-corrected chi connectivity index (χ0v) is 12.9. The van der Waals surface area contributed by atoms with Crippen LogP contribution < -0.4 is 4.72 Å². The summed E-state index contributed by atoms with van der Waals surface area (Å²) in [4.78, 5) is 9.29. The molecule has 8 heteroatoms. The Balaban J connectivity index is 1.90. The second kappa shape index (κ2) is 5.31. The number of aryl methyl sites for hydroxylation is 2. The van der Waals surface area contributed by atoms with Crippen molar-refractivity contribution in [2.45, 2.75) is 30.6 Å². The molecule has 0 aliphatic heterocycles. The molecule has 0 unspecified atom stereocenters. The van der Waals surface area contributed by atoms with Crippen molar-refractivity contribution in [1.29, 1.82) is 0 Å². The Morgan fingerprint density at radius 1 is 1.30 bits per heavy atom. The van der Waals surface area contributed by atoms with Gasteiger partial charge in [0.1, 0.15) is 4.90 Å². The van der Waals surface area contributed by atoms with Crippen molar-refractivity contribution in [3.8, 4) is 0 Å². The number of nitrogens with one attached hydrogen (secondary N) is 1. The van der Waals surface area contributed by atoms with Gasteiger partial charge in [-0.25, -0.2) is 13.4 Å². The fraction of sp³-hybridized carbons (Fsp3) is 0.333. The standard InChI is InChI=1S/C12H12ClN3O2S2/c13-8-5-6-14-7-11(8)20(17,18)16-12-15-9-3-1-2-4-10(9)19-12/h5-7H,1-4H2,(H,15,16). The van der Waals surface area contributed by atoms with E-state index in [0.29, 0.717) is 5.13 Å². The molecule has 0 aromatic carbocycles. The predicted molar refractivity (Wildman–Crippen MR) is 78.8 cm³/mol. The molecule has 0 spiro atoms. The normalized spacial score (nSPS) is 14.8. The van der Waals surface area contributed by atoms with Gasteiger partial charge in [0.2, 0.25) is 0 Å². The molecule has 5 nitrogen and oxygen atoms in total. The zero-order chi connectivity index (χ0) is 14.2. The molecule has 20 heavy (non-hydrogen) atoms. The summed E-state index contributed by atoms with van der Waals surface area (Å²) in [6.07, 6.45) is 6.82. The number of halogens is 1. The van der Waals surface area contributed by atoms with Crippen LogP contribution in [0.4, 0.5) is 5.13 Å². The number of pyridine rings is 1. The average molecular weight is 330 g/mol. The first-order valence-electron chi connectivity index (χ1n) is 6.17. The largest absolute Gasteiger partial charge is 0.266 e. The molecule has 0 fully saturated rings. The summed E-state index contributed by atoms with van der Waals surface area (Å²) in [6, 6.07) is 1.45. The van der Waals surface area contributed by atoms with Crippen LogP contribution in [0.25, 0.3) is 0 Å². The molecule has 2 aromatic heterocycles. The summed E-state index contributed by atoms with van der Waals surface area (Å²) in [5.41, 5.74) is 1.01. The van der Waals surface area contributed by atoms with Crippen LogP contribution in [-0.2, 0) is 22.9 Å². The van der Waals surface area contributed by atoms with E-state index < -0.39 is 10.0 Å². The van der Waals surface area contributed by atoms with Crippen LogP contribution in [0.5, 0.6) is 0 Å². The third kappa shape index (κ3) is 2.65. The van der Waals surface area contributed by atoms with Crippen molar-refractivity contribution >= 4 is 38.1 Å². The number of rotatable bonds is 3. The first-order chi connectivity index (χ1) is 9.56. The highest BCUT2D eigenvalue weighted by molar-refractivity contribution is 7.93. The van der Waals surface area contributed by atoms with E-state index in [1.54, 1.807) is 0 Å². The molecule has 106 valence electrons. The molecule has 2 heterocycles. The van der Waals surface area contributed by atoms with E-state index >= 15 is 0 Å². The van der Waals surface area contributed by atoms with Crippen molar-refractivity contribution in [3.05, 3.63) is 34.1 Å². The van der Waals surface area contributed by atoms with E-state index in [9.17, 15) is 8.42 Å². The van der Waals surface area contributed by atoms with E-state index in [1.165, 1.54) is 34.7 Å². The molecular formula is C12H12ClN3O2S2. The van der Waals surface area contributed by atoms with Crippen LogP contribution in [0.3, 0.4) is 0 Å². The van der Waals surface area contributed by atoms with E-state index in [0.717, 1.165) is 31.4 Å². The minimum absolute atomic E-state index is 0.0326. The van der Waals surface area contributed by atoms with Gasteiger partial charge in [0.25, 0.3) is 10.0 Å². The van der Waals surface area contributed by atoms with Gasteiger partial charge in [0.15, 0.2) is 5.13 Å². The lowest BCUT2D eigenvalue weighted by Gasteiger charge is -2.06. The van der Waals surface area contributed by atoms with E-state index in [1.807, 2.05) is 0 Å². The minimum Gasteiger partial charge on any atom is -0.263 e. The van der Waals surface area contributed by atoms with Gasteiger partial charge in [-0.3, -0.25) is 9.71 Å². The molecule has 0 saturated heterocycles. The lowest BCUT2D eigenvalue weighted by atomic mass is 10.0. The van der Waals surface area contributed by atoms with Gasteiger partial charge in [0, 0.05) is 17.3 Å². The average Bonchev–Trinajstić information content (AvgIpc) is 2.80. The topological polar surface area (TPSA) is 72.0 Å². The summed E-state index contributed by atoms with van der Waals surface area (Å²) in [7, 11) is -3.74. The lowest BCUT2D eigenvalue weighted by Crippen LogP contribution is -2.13. The van der Waals surface area contributed by atoms with Crippen LogP contribution in [0.1, 0.15) is 23.4 Å². The summed E-state index contributed by atoms with van der Waals surface area (Å²) in [5.74, 6) is 0. The van der Waals surface area contributed by atoms with Crippen molar-refractivity contribution < 1.29 is 8.42 Å². The fourth-order valence-corrected chi connectivity index (χ4v) is 4.84. The predicted octanol–water partition coefficient (Wildman–Crippen LogP) is 2.87. The summed E-state index contributed by atoms with van der Waals surface area (Å²) < 4.78 is 27.0. The molecule has 0 atom stereocenters. The molecular weight excluding hydrogens is 318 g/mol. The molecule has 0 radical (unpaired) electrons. The Labute approximate surface area is 126 Å². The van der Waals surface area contributed by atoms with Crippen LogP contribution in [-0.4, -0.2) is 18.4 Å². The van der Waals surface area contributed by atoms with Gasteiger partial charge in [0.05, 0.1) is 10.7 Å². The molecule has 1 N–H and O–H groups in total. The Morgan fingerprint density at radius 3 is 2.85 bits per heavy atom. The van der Waals surface area contributed by atoms with Crippen LogP contribution in [0.2, 0.25) is 5.02 Å². The SMILES string of the molecule is O=S(=O)(Nc1nc2c(s1)CCCC2)c1cnccc1Cl. The number of anilines is 1. The maximum absolute atomic E-state index is 12.3. The molecule has 0 saturated carbocycles. The van der Waals surface area contributed by atoms with Gasteiger partial charge in [-0.1, -0.05) is 11.6 Å². The molecule has 0 amide bonds. The number of thiazole rings is 1. The van der Waals surface area contributed by atoms with Crippen molar-refractivity contribution in [2.75, 3.05) is 4.72 Å². The van der Waals surface area contributed by atoms with Crippen LogP contribution in [0, 0.1) is 0 Å². The molecule has 1 aliphatic carbocycles. The van der Waals surface area contributed by atoms with Gasteiger partial charge in [-0.2, -0.15) is 0 Å². The number of hydrogen-bond acceptors (Lipinski definition) is 5. The van der Waals surface area contributed by atoms with E-state index in [4.69, 9.17) is 11.6 Å². The molecule has 2 aromatic rings. The van der Waals surface area contributed by atoms with Gasteiger partial charge >= 0.3 is 0 Å². The smallest absolute Gasteiger partial charge is 0.263 e. The Morgan fingerprint density at radius 2 is 2.10 bits per heavy atom. The van der Waals surface area contributed by atoms with Gasteiger partial charge < -0.3 is 0 Å². The number of aromatic nitrogens is 2. The Bertz CT molecular complexity index is 719. The maximum Gasteiger partial charge on any atom is 0.266 e. The summed E-state index contributed by atoms with van der Waals surface area (Å²) >= 11 is 7.30. The number of fused-ring (bicyclic) bond motifs is 1. The second-order valence-electron chi connectivity index (χ2n) is 4.51. The Kier molecular flexibility index (Phi) is 3.66. The zero-order valence-electron chi connectivity index (χ0n) is 10.5. The highest BCUT2D eigenvalue weighted by Crippen LogP contribution is 2.31. The maximum atomic E-state index is 12.3. The second-order valence-corrected chi connectivity index (χ2v) is 7.65. The summed E-state index contributed by atoms with van der Waals surface area (Å²) in [6.45, 7) is 0. The summed E-state index contributed by atoms with van der Waals surface area (Å²) in [5, 5.41) is 0.547. The highest BCUT2D eigenvalue weighted by atomic mass is 35.5. The first-order valence-corrected chi connectivity index (χ1v) is 8.85. The first kappa shape index (κ1) is 13.8.